The number of carbonyl (C=O) groups excluding carboxylic acids is 1. The molecule has 16 heavy (non-hydrogen) atoms. The van der Waals surface area contributed by atoms with E-state index in [0.717, 1.165) is 17.9 Å². The van der Waals surface area contributed by atoms with Crippen LogP contribution >= 0.6 is 11.8 Å². The van der Waals surface area contributed by atoms with Crippen LogP contribution in [0.4, 0.5) is 0 Å². The minimum absolute atomic E-state index is 0.146. The van der Waals surface area contributed by atoms with Gasteiger partial charge in [-0.1, -0.05) is 30.3 Å². The van der Waals surface area contributed by atoms with Gasteiger partial charge in [-0.05, 0) is 5.56 Å². The molecule has 0 radical (unpaired) electrons. The molecule has 0 saturated carbocycles. The van der Waals surface area contributed by atoms with Gasteiger partial charge in [-0.3, -0.25) is 9.79 Å². The predicted octanol–water partition coefficient (Wildman–Crippen LogP) is 1.39. The van der Waals surface area contributed by atoms with Crippen molar-refractivity contribution in [3.63, 3.8) is 0 Å². The highest BCUT2D eigenvalue weighted by Crippen LogP contribution is 2.37. The molecular formula is C12H12N2OS. The first-order valence-corrected chi connectivity index (χ1v) is 6.41. The summed E-state index contributed by atoms with van der Waals surface area (Å²) in [5.41, 5.74) is 1.05. The van der Waals surface area contributed by atoms with Gasteiger partial charge >= 0.3 is 0 Å². The van der Waals surface area contributed by atoms with Crippen molar-refractivity contribution >= 4 is 23.9 Å². The first-order chi connectivity index (χ1) is 7.86. The molecule has 2 aliphatic heterocycles. The Balaban J connectivity index is 1.72. The summed E-state index contributed by atoms with van der Waals surface area (Å²) < 4.78 is 0. The SMILES string of the molecule is O=C1C(/N=C/c2ccccc2)[C@H]2SCCN12. The second kappa shape index (κ2) is 3.94. The Hall–Kier alpha value is -1.29. The van der Waals surface area contributed by atoms with E-state index in [9.17, 15) is 4.79 Å². The Morgan fingerprint density at radius 1 is 1.38 bits per heavy atom. The van der Waals surface area contributed by atoms with E-state index in [1.165, 1.54) is 0 Å². The molecule has 4 heteroatoms. The number of benzene rings is 1. The highest BCUT2D eigenvalue weighted by atomic mass is 32.2. The third-order valence-electron chi connectivity index (χ3n) is 2.92. The summed E-state index contributed by atoms with van der Waals surface area (Å²) >= 11 is 1.83. The van der Waals surface area contributed by atoms with E-state index < -0.39 is 0 Å². The summed E-state index contributed by atoms with van der Waals surface area (Å²) in [6.07, 6.45) is 1.80. The highest BCUT2D eigenvalue weighted by Gasteiger charge is 2.50. The zero-order valence-corrected chi connectivity index (χ0v) is 9.56. The average Bonchev–Trinajstić information content (AvgIpc) is 2.75. The molecule has 1 amide bonds. The Morgan fingerprint density at radius 3 is 3.00 bits per heavy atom. The quantitative estimate of drug-likeness (QED) is 0.570. The molecule has 1 aromatic carbocycles. The second-order valence-corrected chi connectivity index (χ2v) is 5.15. The molecule has 1 aromatic rings. The van der Waals surface area contributed by atoms with Crippen molar-refractivity contribution in [1.29, 1.82) is 0 Å². The van der Waals surface area contributed by atoms with Crippen LogP contribution in [0.25, 0.3) is 0 Å². The van der Waals surface area contributed by atoms with E-state index >= 15 is 0 Å². The van der Waals surface area contributed by atoms with Crippen LogP contribution in [0.2, 0.25) is 0 Å². The maximum absolute atomic E-state index is 11.7. The molecular weight excluding hydrogens is 220 g/mol. The average molecular weight is 232 g/mol. The van der Waals surface area contributed by atoms with Crippen LogP contribution < -0.4 is 0 Å². The van der Waals surface area contributed by atoms with E-state index in [1.54, 1.807) is 6.21 Å². The van der Waals surface area contributed by atoms with Gasteiger partial charge in [0, 0.05) is 18.5 Å². The third kappa shape index (κ3) is 1.53. The molecule has 0 spiro atoms. The van der Waals surface area contributed by atoms with Gasteiger partial charge < -0.3 is 4.90 Å². The number of amides is 1. The number of β-lactam (4-membered cyclic amide) rings is 1. The van der Waals surface area contributed by atoms with Crippen molar-refractivity contribution in [2.75, 3.05) is 12.3 Å². The summed E-state index contributed by atoms with van der Waals surface area (Å²) in [5, 5.41) is 0.299. The molecule has 0 aromatic heterocycles. The second-order valence-electron chi connectivity index (χ2n) is 3.93. The monoisotopic (exact) mass is 232 g/mol. The number of nitrogens with zero attached hydrogens (tertiary/aromatic N) is 2. The molecule has 82 valence electrons. The van der Waals surface area contributed by atoms with Crippen molar-refractivity contribution < 1.29 is 4.79 Å². The van der Waals surface area contributed by atoms with Crippen LogP contribution in [-0.4, -0.2) is 40.7 Å². The lowest BCUT2D eigenvalue weighted by Crippen LogP contribution is -2.59. The Morgan fingerprint density at radius 2 is 2.19 bits per heavy atom. The van der Waals surface area contributed by atoms with Crippen molar-refractivity contribution in [2.45, 2.75) is 11.4 Å². The lowest BCUT2D eigenvalue weighted by molar-refractivity contribution is -0.142. The van der Waals surface area contributed by atoms with Crippen molar-refractivity contribution in [1.82, 2.24) is 4.90 Å². The predicted molar refractivity (Wildman–Crippen MR) is 65.8 cm³/mol. The standard InChI is InChI=1S/C12H12N2OS/c15-11-10(12-14(11)6-7-16-12)13-8-9-4-2-1-3-5-9/h1-5,8,10,12H,6-7H2/b13-8+/t10?,12-/m1/s1. The first-order valence-electron chi connectivity index (χ1n) is 5.36. The lowest BCUT2D eigenvalue weighted by Gasteiger charge is -2.39. The summed E-state index contributed by atoms with van der Waals surface area (Å²) in [6, 6.07) is 9.76. The van der Waals surface area contributed by atoms with Crippen LogP contribution in [0.5, 0.6) is 0 Å². The molecule has 0 N–H and O–H groups in total. The molecule has 3 nitrogen and oxygen atoms in total. The van der Waals surface area contributed by atoms with Crippen LogP contribution in [0.3, 0.4) is 0 Å². The van der Waals surface area contributed by atoms with Crippen LogP contribution in [-0.2, 0) is 4.79 Å². The first kappa shape index (κ1) is 9.90. The smallest absolute Gasteiger partial charge is 0.251 e. The van der Waals surface area contributed by atoms with E-state index in [2.05, 4.69) is 4.99 Å². The minimum Gasteiger partial charge on any atom is -0.325 e. The molecule has 1 unspecified atom stereocenters. The molecule has 3 rings (SSSR count). The van der Waals surface area contributed by atoms with Gasteiger partial charge in [-0.2, -0.15) is 0 Å². The maximum atomic E-state index is 11.7. The summed E-state index contributed by atoms with van der Waals surface area (Å²) in [7, 11) is 0. The number of thioether (sulfide) groups is 1. The van der Waals surface area contributed by atoms with Gasteiger partial charge in [-0.25, -0.2) is 0 Å². The number of aliphatic imine (C=N–C) groups is 1. The van der Waals surface area contributed by atoms with Crippen LogP contribution in [0.1, 0.15) is 5.56 Å². The fraction of sp³-hybridized carbons (Fsp3) is 0.333. The number of carbonyl (C=O) groups is 1. The zero-order valence-electron chi connectivity index (χ0n) is 8.74. The van der Waals surface area contributed by atoms with Crippen molar-refractivity contribution in [3.8, 4) is 0 Å². The van der Waals surface area contributed by atoms with Gasteiger partial charge in [0.15, 0.2) is 6.04 Å². The Labute approximate surface area is 98.5 Å². The van der Waals surface area contributed by atoms with Gasteiger partial charge in [0.1, 0.15) is 5.37 Å². The summed E-state index contributed by atoms with van der Waals surface area (Å²) in [6.45, 7) is 0.894. The number of hydrogen-bond acceptors (Lipinski definition) is 3. The fourth-order valence-electron chi connectivity index (χ4n) is 2.04. The summed E-state index contributed by atoms with van der Waals surface area (Å²) in [5.74, 6) is 1.23. The van der Waals surface area contributed by atoms with E-state index in [1.807, 2.05) is 47.0 Å². The molecule has 2 saturated heterocycles. The van der Waals surface area contributed by atoms with Gasteiger partial charge in [0.2, 0.25) is 0 Å². The molecule has 2 fully saturated rings. The van der Waals surface area contributed by atoms with Crippen molar-refractivity contribution in [3.05, 3.63) is 35.9 Å². The van der Waals surface area contributed by atoms with E-state index in [4.69, 9.17) is 0 Å². The van der Waals surface area contributed by atoms with Crippen LogP contribution in [0.15, 0.2) is 35.3 Å². The van der Waals surface area contributed by atoms with Gasteiger partial charge in [0.05, 0.1) is 0 Å². The third-order valence-corrected chi connectivity index (χ3v) is 4.19. The fourth-order valence-corrected chi connectivity index (χ4v) is 3.34. The minimum atomic E-state index is -0.146. The maximum Gasteiger partial charge on any atom is 0.251 e. The normalized spacial score (nSPS) is 28.2. The number of fused-ring (bicyclic) bond motifs is 1. The molecule has 0 bridgehead atoms. The topological polar surface area (TPSA) is 32.7 Å². The zero-order chi connectivity index (χ0) is 11.0. The largest absolute Gasteiger partial charge is 0.325 e. The van der Waals surface area contributed by atoms with E-state index in [0.29, 0.717) is 5.37 Å². The van der Waals surface area contributed by atoms with Crippen LogP contribution in [0, 0.1) is 0 Å². The number of hydrogen-bond donors (Lipinski definition) is 0. The summed E-state index contributed by atoms with van der Waals surface area (Å²) in [4.78, 5) is 18.0. The van der Waals surface area contributed by atoms with Gasteiger partial charge in [-0.15, -0.1) is 11.8 Å². The molecule has 2 heterocycles. The molecule has 2 aliphatic rings. The van der Waals surface area contributed by atoms with Gasteiger partial charge in [0.25, 0.3) is 5.91 Å². The lowest BCUT2D eigenvalue weighted by atomic mass is 10.1. The molecule has 2 atom stereocenters. The highest BCUT2D eigenvalue weighted by molar-refractivity contribution is 8.00. The molecule has 0 aliphatic carbocycles. The van der Waals surface area contributed by atoms with Crippen molar-refractivity contribution in [2.24, 2.45) is 4.99 Å². The van der Waals surface area contributed by atoms with E-state index in [-0.39, 0.29) is 11.9 Å². The Bertz CT molecular complexity index is 432. The number of rotatable bonds is 2. The Kier molecular flexibility index (Phi) is 2.44.